The Morgan fingerprint density at radius 1 is 1.21 bits per heavy atom. The number of anilines is 1. The van der Waals surface area contributed by atoms with Gasteiger partial charge in [0.1, 0.15) is 5.75 Å². The van der Waals surface area contributed by atoms with Crippen molar-refractivity contribution in [2.24, 2.45) is 0 Å². The summed E-state index contributed by atoms with van der Waals surface area (Å²) < 4.78 is 6.94. The lowest BCUT2D eigenvalue weighted by molar-refractivity contribution is 0.102. The minimum atomic E-state index is -0.263. The molecule has 122 valence electrons. The van der Waals surface area contributed by atoms with E-state index in [9.17, 15) is 4.79 Å². The second kappa shape index (κ2) is 7.19. The SMILES string of the molecule is COc1ccccc1C(=O)Nc1ccn(Cc2cccc(Cl)c2)n1. The van der Waals surface area contributed by atoms with E-state index in [-0.39, 0.29) is 5.91 Å². The van der Waals surface area contributed by atoms with Gasteiger partial charge in [-0.2, -0.15) is 5.10 Å². The van der Waals surface area contributed by atoms with Crippen molar-refractivity contribution in [3.8, 4) is 5.75 Å². The Morgan fingerprint density at radius 3 is 2.83 bits per heavy atom. The van der Waals surface area contributed by atoms with Crippen LogP contribution in [0.2, 0.25) is 5.02 Å². The fourth-order valence-electron chi connectivity index (χ4n) is 2.35. The molecular formula is C18H16ClN3O2. The summed E-state index contributed by atoms with van der Waals surface area (Å²) in [6.07, 6.45) is 1.80. The summed E-state index contributed by atoms with van der Waals surface area (Å²) in [6, 6.07) is 16.4. The predicted molar refractivity (Wildman–Crippen MR) is 93.7 cm³/mol. The van der Waals surface area contributed by atoms with Gasteiger partial charge in [0.05, 0.1) is 19.2 Å². The van der Waals surface area contributed by atoms with E-state index in [0.717, 1.165) is 5.56 Å². The third kappa shape index (κ3) is 3.75. The van der Waals surface area contributed by atoms with Crippen LogP contribution in [0.25, 0.3) is 0 Å². The Morgan fingerprint density at radius 2 is 2.04 bits per heavy atom. The molecule has 1 amide bonds. The van der Waals surface area contributed by atoms with Crippen LogP contribution in [-0.4, -0.2) is 22.8 Å². The molecule has 1 N–H and O–H groups in total. The number of para-hydroxylation sites is 1. The number of carbonyl (C=O) groups excluding carboxylic acids is 1. The zero-order valence-corrected chi connectivity index (χ0v) is 13.8. The van der Waals surface area contributed by atoms with Gasteiger partial charge in [-0.05, 0) is 29.8 Å². The molecule has 0 aliphatic carbocycles. The van der Waals surface area contributed by atoms with E-state index in [1.807, 2.05) is 30.3 Å². The second-order valence-electron chi connectivity index (χ2n) is 5.18. The van der Waals surface area contributed by atoms with Gasteiger partial charge in [-0.1, -0.05) is 35.9 Å². The Bertz CT molecular complexity index is 861. The highest BCUT2D eigenvalue weighted by atomic mass is 35.5. The Labute approximate surface area is 144 Å². The number of rotatable bonds is 5. The molecule has 1 heterocycles. The van der Waals surface area contributed by atoms with Gasteiger partial charge in [0.2, 0.25) is 0 Å². The maximum atomic E-state index is 12.3. The highest BCUT2D eigenvalue weighted by Crippen LogP contribution is 2.19. The van der Waals surface area contributed by atoms with Crippen LogP contribution >= 0.6 is 11.6 Å². The zero-order chi connectivity index (χ0) is 16.9. The average molecular weight is 342 g/mol. The lowest BCUT2D eigenvalue weighted by Gasteiger charge is -2.07. The van der Waals surface area contributed by atoms with Crippen LogP contribution in [0.1, 0.15) is 15.9 Å². The summed E-state index contributed by atoms with van der Waals surface area (Å²) in [6.45, 7) is 0.574. The summed E-state index contributed by atoms with van der Waals surface area (Å²) in [5.74, 6) is 0.738. The van der Waals surface area contributed by atoms with Gasteiger partial charge in [0.25, 0.3) is 5.91 Å². The van der Waals surface area contributed by atoms with Crippen LogP contribution in [0.5, 0.6) is 5.75 Å². The van der Waals surface area contributed by atoms with E-state index in [4.69, 9.17) is 16.3 Å². The molecule has 0 saturated carbocycles. The molecule has 0 aliphatic rings. The topological polar surface area (TPSA) is 56.1 Å². The molecule has 0 radical (unpaired) electrons. The number of halogens is 1. The molecule has 0 aliphatic heterocycles. The van der Waals surface area contributed by atoms with Crippen molar-refractivity contribution in [2.45, 2.75) is 6.54 Å². The summed E-state index contributed by atoms with van der Waals surface area (Å²) in [4.78, 5) is 12.3. The summed E-state index contributed by atoms with van der Waals surface area (Å²) in [5, 5.41) is 7.82. The maximum absolute atomic E-state index is 12.3. The largest absolute Gasteiger partial charge is 0.496 e. The fraction of sp³-hybridized carbons (Fsp3) is 0.111. The average Bonchev–Trinajstić information content (AvgIpc) is 3.01. The van der Waals surface area contributed by atoms with Gasteiger partial charge in [-0.3, -0.25) is 9.48 Å². The normalized spacial score (nSPS) is 10.4. The molecule has 3 aromatic rings. The van der Waals surface area contributed by atoms with E-state index in [2.05, 4.69) is 10.4 Å². The number of nitrogens with one attached hydrogen (secondary N) is 1. The molecule has 2 aromatic carbocycles. The van der Waals surface area contributed by atoms with E-state index in [1.54, 1.807) is 35.1 Å². The maximum Gasteiger partial charge on any atom is 0.260 e. The molecule has 24 heavy (non-hydrogen) atoms. The third-order valence-electron chi connectivity index (χ3n) is 3.47. The van der Waals surface area contributed by atoms with Gasteiger partial charge >= 0.3 is 0 Å². The van der Waals surface area contributed by atoms with Crippen molar-refractivity contribution in [1.82, 2.24) is 9.78 Å². The van der Waals surface area contributed by atoms with Gasteiger partial charge in [-0.25, -0.2) is 0 Å². The molecule has 0 unspecified atom stereocenters. The van der Waals surface area contributed by atoms with Gasteiger partial charge in [-0.15, -0.1) is 0 Å². The zero-order valence-electron chi connectivity index (χ0n) is 13.1. The van der Waals surface area contributed by atoms with Crippen molar-refractivity contribution in [3.05, 3.63) is 76.9 Å². The molecule has 5 nitrogen and oxygen atoms in total. The number of aromatic nitrogens is 2. The number of hydrogen-bond donors (Lipinski definition) is 1. The standard InChI is InChI=1S/C18H16ClN3O2/c1-24-16-8-3-2-7-15(16)18(23)20-17-9-10-22(21-17)12-13-5-4-6-14(19)11-13/h2-11H,12H2,1H3,(H,20,21,23). The fourth-order valence-corrected chi connectivity index (χ4v) is 2.57. The number of hydrogen-bond acceptors (Lipinski definition) is 3. The number of amides is 1. The van der Waals surface area contributed by atoms with Crippen molar-refractivity contribution in [2.75, 3.05) is 12.4 Å². The highest BCUT2D eigenvalue weighted by Gasteiger charge is 2.12. The second-order valence-corrected chi connectivity index (χ2v) is 5.62. The molecule has 0 bridgehead atoms. The first-order valence-corrected chi connectivity index (χ1v) is 7.76. The van der Waals surface area contributed by atoms with Crippen molar-refractivity contribution in [1.29, 1.82) is 0 Å². The first-order chi connectivity index (χ1) is 11.7. The van der Waals surface area contributed by atoms with Crippen LogP contribution in [0.3, 0.4) is 0 Å². The van der Waals surface area contributed by atoms with Gasteiger partial charge in [0, 0.05) is 17.3 Å². The minimum absolute atomic E-state index is 0.263. The summed E-state index contributed by atoms with van der Waals surface area (Å²) in [5.41, 5.74) is 1.50. The molecule has 1 aromatic heterocycles. The molecule has 6 heteroatoms. The van der Waals surface area contributed by atoms with Gasteiger partial charge < -0.3 is 10.1 Å². The first-order valence-electron chi connectivity index (χ1n) is 7.38. The molecule has 0 atom stereocenters. The van der Waals surface area contributed by atoms with E-state index >= 15 is 0 Å². The Balaban J connectivity index is 1.71. The minimum Gasteiger partial charge on any atom is -0.496 e. The van der Waals surface area contributed by atoms with Crippen LogP contribution in [0.4, 0.5) is 5.82 Å². The molecule has 0 spiro atoms. The molecule has 0 saturated heterocycles. The van der Waals surface area contributed by atoms with Crippen LogP contribution in [-0.2, 0) is 6.54 Å². The van der Waals surface area contributed by atoms with Gasteiger partial charge in [0.15, 0.2) is 5.82 Å². The van der Waals surface area contributed by atoms with E-state index in [0.29, 0.717) is 28.7 Å². The lowest BCUT2D eigenvalue weighted by Crippen LogP contribution is -2.14. The lowest BCUT2D eigenvalue weighted by atomic mass is 10.2. The quantitative estimate of drug-likeness (QED) is 0.767. The Hall–Kier alpha value is -2.79. The number of methoxy groups -OCH3 is 1. The van der Waals surface area contributed by atoms with Crippen molar-refractivity contribution < 1.29 is 9.53 Å². The smallest absolute Gasteiger partial charge is 0.260 e. The number of ether oxygens (including phenoxy) is 1. The van der Waals surface area contributed by atoms with E-state index < -0.39 is 0 Å². The van der Waals surface area contributed by atoms with Crippen LogP contribution < -0.4 is 10.1 Å². The predicted octanol–water partition coefficient (Wildman–Crippen LogP) is 3.85. The molecular weight excluding hydrogens is 326 g/mol. The summed E-state index contributed by atoms with van der Waals surface area (Å²) >= 11 is 5.98. The highest BCUT2D eigenvalue weighted by molar-refractivity contribution is 6.30. The molecule has 3 rings (SSSR count). The number of nitrogens with zero attached hydrogens (tertiary/aromatic N) is 2. The number of benzene rings is 2. The monoisotopic (exact) mass is 341 g/mol. The third-order valence-corrected chi connectivity index (χ3v) is 3.70. The van der Waals surface area contributed by atoms with Crippen molar-refractivity contribution in [3.63, 3.8) is 0 Å². The van der Waals surface area contributed by atoms with Crippen molar-refractivity contribution >= 4 is 23.3 Å². The first kappa shape index (κ1) is 16.1. The van der Waals surface area contributed by atoms with Crippen LogP contribution in [0, 0.1) is 0 Å². The molecule has 0 fully saturated rings. The van der Waals surface area contributed by atoms with Crippen LogP contribution in [0.15, 0.2) is 60.8 Å². The Kier molecular flexibility index (Phi) is 4.82. The number of carbonyl (C=O) groups is 1. The summed E-state index contributed by atoms with van der Waals surface area (Å²) in [7, 11) is 1.53. The van der Waals surface area contributed by atoms with E-state index in [1.165, 1.54) is 7.11 Å².